The summed E-state index contributed by atoms with van der Waals surface area (Å²) in [5.74, 6) is 0.399. The topological polar surface area (TPSA) is 72.2 Å². The number of benzene rings is 1. The quantitative estimate of drug-likeness (QED) is 0.875. The van der Waals surface area contributed by atoms with Crippen molar-refractivity contribution in [2.75, 3.05) is 16.8 Å². The molecular formula is C11H12N2O3S. The summed E-state index contributed by atoms with van der Waals surface area (Å²) in [5.41, 5.74) is 1.48. The molecule has 1 aliphatic heterocycles. The van der Waals surface area contributed by atoms with Gasteiger partial charge in [-0.15, -0.1) is 0 Å². The van der Waals surface area contributed by atoms with Crippen LogP contribution in [-0.4, -0.2) is 30.9 Å². The Hall–Kier alpha value is -1.56. The molecule has 1 saturated heterocycles. The fraction of sp³-hybridized carbons (Fsp3) is 0.364. The standard InChI is InChI=1S/C11H12N2O3S/c14-17(15)6-5-8(7-17)12-11-13-9-3-1-2-4-10(9)16-11/h1-4,8H,5-7H2,(H,12,13)/t8-/m0/s1. The van der Waals surface area contributed by atoms with Crippen molar-refractivity contribution >= 4 is 27.0 Å². The van der Waals surface area contributed by atoms with E-state index in [1.54, 1.807) is 0 Å². The lowest BCUT2D eigenvalue weighted by molar-refractivity contribution is 0.597. The Balaban J connectivity index is 1.81. The zero-order chi connectivity index (χ0) is 11.9. The smallest absolute Gasteiger partial charge is 0.295 e. The van der Waals surface area contributed by atoms with E-state index < -0.39 is 9.84 Å². The first kappa shape index (κ1) is 10.6. The van der Waals surface area contributed by atoms with Gasteiger partial charge >= 0.3 is 0 Å². The van der Waals surface area contributed by atoms with Crippen LogP contribution < -0.4 is 5.32 Å². The maximum absolute atomic E-state index is 11.3. The van der Waals surface area contributed by atoms with E-state index in [2.05, 4.69) is 10.3 Å². The first-order chi connectivity index (χ1) is 8.12. The summed E-state index contributed by atoms with van der Waals surface area (Å²) in [5, 5.41) is 3.03. The Morgan fingerprint density at radius 3 is 2.88 bits per heavy atom. The number of rotatable bonds is 2. The summed E-state index contributed by atoms with van der Waals surface area (Å²) in [6, 6.07) is 7.75. The number of aromatic nitrogens is 1. The Labute approximate surface area is 98.8 Å². The first-order valence-electron chi connectivity index (χ1n) is 5.45. The van der Waals surface area contributed by atoms with Crippen LogP contribution in [0.2, 0.25) is 0 Å². The summed E-state index contributed by atoms with van der Waals surface area (Å²) in [6.45, 7) is 0. The zero-order valence-electron chi connectivity index (χ0n) is 9.09. The van der Waals surface area contributed by atoms with Gasteiger partial charge in [0.2, 0.25) is 0 Å². The van der Waals surface area contributed by atoms with Gasteiger partial charge in [-0.1, -0.05) is 12.1 Å². The van der Waals surface area contributed by atoms with Crippen LogP contribution >= 0.6 is 0 Å². The lowest BCUT2D eigenvalue weighted by Gasteiger charge is -2.06. The molecule has 0 aliphatic carbocycles. The molecule has 1 fully saturated rings. The molecule has 0 radical (unpaired) electrons. The van der Waals surface area contributed by atoms with E-state index in [1.807, 2.05) is 24.3 Å². The molecule has 2 aromatic rings. The second-order valence-electron chi connectivity index (χ2n) is 4.23. The zero-order valence-corrected chi connectivity index (χ0v) is 9.90. The van der Waals surface area contributed by atoms with Crippen LogP contribution in [0.3, 0.4) is 0 Å². The Morgan fingerprint density at radius 2 is 2.18 bits per heavy atom. The monoisotopic (exact) mass is 252 g/mol. The molecule has 90 valence electrons. The third kappa shape index (κ3) is 2.12. The molecule has 1 aliphatic rings. The van der Waals surface area contributed by atoms with E-state index in [0.717, 1.165) is 5.52 Å². The van der Waals surface area contributed by atoms with Crippen molar-refractivity contribution in [1.82, 2.24) is 4.98 Å². The van der Waals surface area contributed by atoms with Crippen LogP contribution in [0.25, 0.3) is 11.1 Å². The lowest BCUT2D eigenvalue weighted by atomic mass is 10.3. The minimum absolute atomic E-state index is 0.0898. The number of nitrogens with one attached hydrogen (secondary N) is 1. The number of sulfone groups is 1. The Bertz CT molecular complexity index is 615. The van der Waals surface area contributed by atoms with Gasteiger partial charge in [0.25, 0.3) is 6.01 Å². The van der Waals surface area contributed by atoms with Crippen molar-refractivity contribution in [3.63, 3.8) is 0 Å². The molecule has 6 heteroatoms. The molecule has 0 amide bonds. The van der Waals surface area contributed by atoms with Crippen LogP contribution in [0, 0.1) is 0 Å². The van der Waals surface area contributed by atoms with Crippen molar-refractivity contribution < 1.29 is 12.8 Å². The maximum Gasteiger partial charge on any atom is 0.295 e. The van der Waals surface area contributed by atoms with Crippen LogP contribution in [0.1, 0.15) is 6.42 Å². The third-order valence-corrected chi connectivity index (χ3v) is 4.62. The average molecular weight is 252 g/mol. The minimum Gasteiger partial charge on any atom is -0.424 e. The fourth-order valence-corrected chi connectivity index (χ4v) is 3.69. The largest absolute Gasteiger partial charge is 0.424 e. The number of anilines is 1. The highest BCUT2D eigenvalue weighted by atomic mass is 32.2. The van der Waals surface area contributed by atoms with Gasteiger partial charge in [-0.3, -0.25) is 0 Å². The van der Waals surface area contributed by atoms with Gasteiger partial charge in [0.05, 0.1) is 11.5 Å². The second-order valence-corrected chi connectivity index (χ2v) is 6.46. The molecule has 2 heterocycles. The molecule has 5 nitrogen and oxygen atoms in total. The summed E-state index contributed by atoms with van der Waals surface area (Å²) >= 11 is 0. The summed E-state index contributed by atoms with van der Waals surface area (Å²) < 4.78 is 28.1. The number of hydrogen-bond acceptors (Lipinski definition) is 5. The van der Waals surface area contributed by atoms with E-state index in [9.17, 15) is 8.42 Å². The summed E-state index contributed by atoms with van der Waals surface area (Å²) in [7, 11) is -2.88. The molecule has 1 aromatic heterocycles. The molecule has 1 atom stereocenters. The normalized spacial score (nSPS) is 22.9. The SMILES string of the molecule is O=S1(=O)CC[C@H](Nc2nc3ccccc3o2)C1. The minimum atomic E-state index is -2.88. The number of nitrogens with zero attached hydrogens (tertiary/aromatic N) is 1. The van der Waals surface area contributed by atoms with Gasteiger partial charge in [-0.25, -0.2) is 8.42 Å². The van der Waals surface area contributed by atoms with Crippen LogP contribution in [0.5, 0.6) is 0 Å². The summed E-state index contributed by atoms with van der Waals surface area (Å²) in [6.07, 6.45) is 0.612. The fourth-order valence-electron chi connectivity index (χ4n) is 2.02. The molecule has 1 aromatic carbocycles. The van der Waals surface area contributed by atoms with Crippen molar-refractivity contribution in [3.05, 3.63) is 24.3 Å². The van der Waals surface area contributed by atoms with Crippen molar-refractivity contribution in [2.24, 2.45) is 0 Å². The average Bonchev–Trinajstić information content (AvgIpc) is 2.81. The molecule has 1 N–H and O–H groups in total. The van der Waals surface area contributed by atoms with Crippen LogP contribution in [-0.2, 0) is 9.84 Å². The van der Waals surface area contributed by atoms with E-state index in [-0.39, 0.29) is 17.5 Å². The van der Waals surface area contributed by atoms with Crippen LogP contribution in [0.15, 0.2) is 28.7 Å². The highest BCUT2D eigenvalue weighted by Gasteiger charge is 2.28. The predicted octanol–water partition coefficient (Wildman–Crippen LogP) is 1.43. The summed E-state index contributed by atoms with van der Waals surface area (Å²) in [4.78, 5) is 4.25. The predicted molar refractivity (Wildman–Crippen MR) is 64.7 cm³/mol. The molecule has 0 bridgehead atoms. The lowest BCUT2D eigenvalue weighted by Crippen LogP contribution is -2.20. The molecule has 0 unspecified atom stereocenters. The van der Waals surface area contributed by atoms with Gasteiger partial charge < -0.3 is 9.73 Å². The number of oxazole rings is 1. The number of fused-ring (bicyclic) bond motifs is 1. The third-order valence-electron chi connectivity index (χ3n) is 2.85. The molecule has 0 spiro atoms. The molecule has 17 heavy (non-hydrogen) atoms. The van der Waals surface area contributed by atoms with Crippen molar-refractivity contribution in [2.45, 2.75) is 12.5 Å². The Morgan fingerprint density at radius 1 is 1.35 bits per heavy atom. The van der Waals surface area contributed by atoms with Gasteiger partial charge in [0.15, 0.2) is 15.4 Å². The second kappa shape index (κ2) is 3.73. The molecular weight excluding hydrogens is 240 g/mol. The van der Waals surface area contributed by atoms with Crippen molar-refractivity contribution in [1.29, 1.82) is 0 Å². The van der Waals surface area contributed by atoms with Gasteiger partial charge in [-0.2, -0.15) is 4.98 Å². The van der Waals surface area contributed by atoms with E-state index >= 15 is 0 Å². The van der Waals surface area contributed by atoms with Crippen molar-refractivity contribution in [3.8, 4) is 0 Å². The van der Waals surface area contributed by atoms with E-state index in [4.69, 9.17) is 4.42 Å². The maximum atomic E-state index is 11.3. The van der Waals surface area contributed by atoms with Gasteiger partial charge in [0, 0.05) is 6.04 Å². The van der Waals surface area contributed by atoms with Gasteiger partial charge in [0.1, 0.15) is 5.52 Å². The molecule has 3 rings (SSSR count). The molecule has 0 saturated carbocycles. The van der Waals surface area contributed by atoms with E-state index in [1.165, 1.54) is 0 Å². The Kier molecular flexibility index (Phi) is 2.32. The number of hydrogen-bond donors (Lipinski definition) is 1. The van der Waals surface area contributed by atoms with E-state index in [0.29, 0.717) is 18.0 Å². The highest BCUT2D eigenvalue weighted by Crippen LogP contribution is 2.21. The van der Waals surface area contributed by atoms with Crippen LogP contribution in [0.4, 0.5) is 6.01 Å². The first-order valence-corrected chi connectivity index (χ1v) is 7.27. The number of para-hydroxylation sites is 2. The highest BCUT2D eigenvalue weighted by molar-refractivity contribution is 7.91. The van der Waals surface area contributed by atoms with Gasteiger partial charge in [-0.05, 0) is 18.6 Å².